The second-order valence-corrected chi connectivity index (χ2v) is 6.26. The molecule has 5 heteroatoms. The van der Waals surface area contributed by atoms with Gasteiger partial charge in [0.2, 0.25) is 0 Å². The molecule has 0 saturated carbocycles. The first-order valence-electron chi connectivity index (χ1n) is 8.50. The van der Waals surface area contributed by atoms with Gasteiger partial charge >= 0.3 is 5.97 Å². The predicted octanol–water partition coefficient (Wildman–Crippen LogP) is 5.39. The lowest BCUT2D eigenvalue weighted by molar-refractivity contribution is -0.136. The summed E-state index contributed by atoms with van der Waals surface area (Å²) in [4.78, 5) is 11.9. The largest absolute Gasteiger partial charge is 0.482 e. The molecule has 0 aliphatic heterocycles. The van der Waals surface area contributed by atoms with Crippen molar-refractivity contribution >= 4 is 29.2 Å². The highest BCUT2D eigenvalue weighted by atomic mass is 35.5. The Morgan fingerprint density at radius 1 is 0.929 bits per heavy atom. The van der Waals surface area contributed by atoms with Crippen molar-refractivity contribution in [3.05, 3.63) is 95.0 Å². The first-order valence-corrected chi connectivity index (χ1v) is 8.88. The number of benzene rings is 3. The van der Waals surface area contributed by atoms with Crippen molar-refractivity contribution in [2.45, 2.75) is 0 Å². The van der Waals surface area contributed by atoms with Gasteiger partial charge in [0.1, 0.15) is 11.5 Å². The Morgan fingerprint density at radius 3 is 2.21 bits per heavy atom. The van der Waals surface area contributed by atoms with Gasteiger partial charge in [0.15, 0.2) is 6.61 Å². The first kappa shape index (κ1) is 19.2. The van der Waals surface area contributed by atoms with Crippen LogP contribution in [0.15, 0.2) is 78.9 Å². The summed E-state index contributed by atoms with van der Waals surface area (Å²) in [5, 5.41) is 9.97. The van der Waals surface area contributed by atoms with E-state index in [1.165, 1.54) is 0 Å². The summed E-state index contributed by atoms with van der Waals surface area (Å²) < 4.78 is 10.6. The summed E-state index contributed by atoms with van der Waals surface area (Å²) in [7, 11) is 0. The van der Waals surface area contributed by atoms with E-state index in [1.54, 1.807) is 54.6 Å². The van der Waals surface area contributed by atoms with Crippen LogP contribution in [0.25, 0.3) is 11.6 Å². The van der Waals surface area contributed by atoms with Gasteiger partial charge in [0.25, 0.3) is 0 Å². The van der Waals surface area contributed by atoms with Crippen molar-refractivity contribution in [1.82, 2.24) is 0 Å². The fourth-order valence-corrected chi connectivity index (χ4v) is 2.56. The van der Waals surface area contributed by atoms with E-state index in [0.29, 0.717) is 22.1 Å². The minimum atomic E-state index is -0.514. The lowest BCUT2D eigenvalue weighted by atomic mass is 10.0. The van der Waals surface area contributed by atoms with E-state index in [-0.39, 0.29) is 6.61 Å². The highest BCUT2D eigenvalue weighted by molar-refractivity contribution is 6.30. The average Bonchev–Trinajstić information content (AvgIpc) is 2.73. The molecular formula is C23H16ClNO3. The van der Waals surface area contributed by atoms with Crippen LogP contribution in [-0.2, 0) is 4.79 Å². The maximum absolute atomic E-state index is 11.9. The third kappa shape index (κ3) is 5.47. The Hall–Kier alpha value is -3.55. The third-order valence-electron chi connectivity index (χ3n) is 3.80. The van der Waals surface area contributed by atoms with E-state index in [2.05, 4.69) is 6.07 Å². The van der Waals surface area contributed by atoms with Crippen molar-refractivity contribution < 1.29 is 14.3 Å². The quantitative estimate of drug-likeness (QED) is 0.245. The number of esters is 1. The van der Waals surface area contributed by atoms with Crippen molar-refractivity contribution in [2.24, 2.45) is 0 Å². The summed E-state index contributed by atoms with van der Waals surface area (Å²) in [5.74, 6) is 0.423. The average molecular weight is 390 g/mol. The third-order valence-corrected chi connectivity index (χ3v) is 4.05. The summed E-state index contributed by atoms with van der Waals surface area (Å²) in [6.45, 7) is -0.212. The standard InChI is InChI=1S/C23H16ClNO3/c24-20-8-12-21(13-9-20)27-16-23(26)28-22-10-6-17(7-11-22)14-19(15-25)18-4-2-1-3-5-18/h1-14H,16H2/b19-14-. The lowest BCUT2D eigenvalue weighted by Gasteiger charge is -2.07. The fraction of sp³-hybridized carbons (Fsp3) is 0.0435. The number of allylic oxidation sites excluding steroid dienone is 1. The number of hydrogen-bond donors (Lipinski definition) is 0. The number of rotatable bonds is 6. The van der Waals surface area contributed by atoms with E-state index in [9.17, 15) is 10.1 Å². The zero-order valence-electron chi connectivity index (χ0n) is 14.8. The van der Waals surface area contributed by atoms with Crippen molar-refractivity contribution in [3.63, 3.8) is 0 Å². The van der Waals surface area contributed by atoms with Gasteiger partial charge in [-0.15, -0.1) is 0 Å². The SMILES string of the molecule is N#C/C(=C/c1ccc(OC(=O)COc2ccc(Cl)cc2)cc1)c1ccccc1. The second kappa shape index (κ2) is 9.40. The Bertz CT molecular complexity index is 1000. The molecule has 0 spiro atoms. The van der Waals surface area contributed by atoms with E-state index in [0.717, 1.165) is 11.1 Å². The Kier molecular flexibility index (Phi) is 6.46. The molecule has 0 saturated heterocycles. The Labute approximate surface area is 168 Å². The molecule has 0 unspecified atom stereocenters. The van der Waals surface area contributed by atoms with Gasteiger partial charge in [0, 0.05) is 5.02 Å². The molecule has 0 radical (unpaired) electrons. The van der Waals surface area contributed by atoms with Gasteiger partial charge in [-0.2, -0.15) is 5.26 Å². The van der Waals surface area contributed by atoms with Crippen LogP contribution in [0.1, 0.15) is 11.1 Å². The van der Waals surface area contributed by atoms with E-state index in [4.69, 9.17) is 21.1 Å². The monoisotopic (exact) mass is 389 g/mol. The molecule has 0 heterocycles. The molecule has 3 aromatic rings. The molecule has 0 fully saturated rings. The molecule has 3 aromatic carbocycles. The zero-order valence-corrected chi connectivity index (χ0v) is 15.6. The van der Waals surface area contributed by atoms with Crippen molar-refractivity contribution in [2.75, 3.05) is 6.61 Å². The molecule has 28 heavy (non-hydrogen) atoms. The van der Waals surface area contributed by atoms with Gasteiger partial charge in [-0.25, -0.2) is 4.79 Å². The fourth-order valence-electron chi connectivity index (χ4n) is 2.43. The summed E-state index contributed by atoms with van der Waals surface area (Å²) in [6.07, 6.45) is 1.78. The van der Waals surface area contributed by atoms with E-state index in [1.807, 2.05) is 30.3 Å². The zero-order chi connectivity index (χ0) is 19.8. The van der Waals surface area contributed by atoms with Gasteiger partial charge in [-0.3, -0.25) is 0 Å². The number of nitrogens with zero attached hydrogens (tertiary/aromatic N) is 1. The topological polar surface area (TPSA) is 59.3 Å². The number of hydrogen-bond acceptors (Lipinski definition) is 4. The second-order valence-electron chi connectivity index (χ2n) is 5.82. The summed E-state index contributed by atoms with van der Waals surface area (Å²) >= 11 is 5.80. The molecule has 138 valence electrons. The maximum Gasteiger partial charge on any atom is 0.349 e. The highest BCUT2D eigenvalue weighted by Crippen LogP contribution is 2.20. The van der Waals surface area contributed by atoms with E-state index < -0.39 is 5.97 Å². The number of ether oxygens (including phenoxy) is 2. The maximum atomic E-state index is 11.9. The molecule has 0 amide bonds. The van der Waals surface area contributed by atoms with Crippen LogP contribution in [0, 0.1) is 11.3 Å². The minimum absolute atomic E-state index is 0.212. The number of nitriles is 1. The normalized spacial score (nSPS) is 10.8. The van der Waals surface area contributed by atoms with Crippen molar-refractivity contribution in [3.8, 4) is 17.6 Å². The van der Waals surface area contributed by atoms with Crippen LogP contribution in [0.4, 0.5) is 0 Å². The first-order chi connectivity index (χ1) is 13.6. The number of carbonyl (C=O) groups is 1. The molecule has 0 aromatic heterocycles. The summed E-state index contributed by atoms with van der Waals surface area (Å²) in [6, 6.07) is 25.3. The molecule has 4 nitrogen and oxygen atoms in total. The molecule has 0 aliphatic rings. The predicted molar refractivity (Wildman–Crippen MR) is 109 cm³/mol. The summed E-state index contributed by atoms with van der Waals surface area (Å²) in [5.41, 5.74) is 2.24. The highest BCUT2D eigenvalue weighted by Gasteiger charge is 2.07. The van der Waals surface area contributed by atoms with Crippen molar-refractivity contribution in [1.29, 1.82) is 5.26 Å². The van der Waals surface area contributed by atoms with Crippen LogP contribution in [-0.4, -0.2) is 12.6 Å². The molecule has 0 atom stereocenters. The minimum Gasteiger partial charge on any atom is -0.482 e. The van der Waals surface area contributed by atoms with Gasteiger partial charge in [0.05, 0.1) is 11.6 Å². The molecule has 0 bridgehead atoms. The van der Waals surface area contributed by atoms with Crippen LogP contribution in [0.3, 0.4) is 0 Å². The number of halogens is 1. The lowest BCUT2D eigenvalue weighted by Crippen LogP contribution is -2.17. The number of carbonyl (C=O) groups excluding carboxylic acids is 1. The van der Waals surface area contributed by atoms with Gasteiger partial charge in [-0.1, -0.05) is 54.1 Å². The van der Waals surface area contributed by atoms with Crippen LogP contribution in [0.5, 0.6) is 11.5 Å². The molecular weight excluding hydrogens is 374 g/mol. The molecule has 0 N–H and O–H groups in total. The van der Waals surface area contributed by atoms with Crippen LogP contribution < -0.4 is 9.47 Å². The Balaban J connectivity index is 1.59. The van der Waals surface area contributed by atoms with Gasteiger partial charge in [-0.05, 0) is 53.6 Å². The van der Waals surface area contributed by atoms with Crippen LogP contribution in [0.2, 0.25) is 5.02 Å². The molecule has 3 rings (SSSR count). The molecule has 0 aliphatic carbocycles. The van der Waals surface area contributed by atoms with E-state index >= 15 is 0 Å². The smallest absolute Gasteiger partial charge is 0.349 e. The van der Waals surface area contributed by atoms with Crippen LogP contribution >= 0.6 is 11.6 Å². The Morgan fingerprint density at radius 2 is 1.57 bits per heavy atom. The van der Waals surface area contributed by atoms with Gasteiger partial charge < -0.3 is 9.47 Å².